The summed E-state index contributed by atoms with van der Waals surface area (Å²) in [5, 5.41) is 8.15. The first-order chi connectivity index (χ1) is 26.0. The number of aliphatic imine (C=N–C) groups is 2. The Kier molecular flexibility index (Phi) is 6.30. The minimum Gasteiger partial charge on any atom is -0.456 e. The van der Waals surface area contributed by atoms with Gasteiger partial charge in [-0.05, 0) is 64.7 Å². The van der Waals surface area contributed by atoms with E-state index in [0.717, 1.165) is 56.0 Å². The van der Waals surface area contributed by atoms with E-state index in [1.807, 2.05) is 36.4 Å². The van der Waals surface area contributed by atoms with Gasteiger partial charge in [0.1, 0.15) is 22.8 Å². The number of rotatable bonds is 4. The van der Waals surface area contributed by atoms with Crippen LogP contribution in [-0.2, 0) is 5.41 Å². The van der Waals surface area contributed by atoms with Crippen LogP contribution in [0.4, 0.5) is 0 Å². The fourth-order valence-electron chi connectivity index (χ4n) is 8.68. The molecule has 53 heavy (non-hydrogen) atoms. The Morgan fingerprint density at radius 3 is 2.02 bits per heavy atom. The van der Waals surface area contributed by atoms with Gasteiger partial charge in [-0.25, -0.2) is 9.98 Å². The molecule has 0 bridgehead atoms. The Labute approximate surface area is 306 Å². The molecule has 11 rings (SSSR count). The topological polar surface area (TPSA) is 54.8 Å². The van der Waals surface area contributed by atoms with Crippen molar-refractivity contribution in [3.05, 3.63) is 186 Å². The van der Waals surface area contributed by atoms with Gasteiger partial charge in [0.15, 0.2) is 6.17 Å². The van der Waals surface area contributed by atoms with Crippen molar-refractivity contribution < 1.29 is 4.42 Å². The second kappa shape index (κ2) is 11.1. The van der Waals surface area contributed by atoms with Crippen LogP contribution in [-0.4, -0.2) is 16.2 Å². The maximum absolute atomic E-state index is 6.69. The second-order valence-corrected chi connectivity index (χ2v) is 14.6. The normalized spacial score (nSPS) is 15.1. The predicted molar refractivity (Wildman–Crippen MR) is 217 cm³/mol. The molecular formula is C48H34N4O. The van der Waals surface area contributed by atoms with E-state index in [0.29, 0.717) is 0 Å². The molecule has 0 atom stereocenters. The first-order valence-corrected chi connectivity index (χ1v) is 18.2. The fraction of sp³-hybridized carbons (Fsp3) is 0.0833. The average molecular weight is 683 g/mol. The van der Waals surface area contributed by atoms with E-state index >= 15 is 0 Å². The van der Waals surface area contributed by atoms with E-state index in [-0.39, 0.29) is 5.41 Å². The summed E-state index contributed by atoms with van der Waals surface area (Å²) in [6.07, 6.45) is -0.440. The van der Waals surface area contributed by atoms with E-state index in [4.69, 9.17) is 14.4 Å². The fourth-order valence-corrected chi connectivity index (χ4v) is 8.68. The lowest BCUT2D eigenvalue weighted by Gasteiger charge is -2.22. The lowest BCUT2D eigenvalue weighted by molar-refractivity contribution is 0.661. The number of nitrogens with zero attached hydrogens (tertiary/aromatic N) is 3. The molecule has 252 valence electrons. The summed E-state index contributed by atoms with van der Waals surface area (Å²) < 4.78 is 9.13. The van der Waals surface area contributed by atoms with Crippen LogP contribution in [0.3, 0.4) is 0 Å². The maximum Gasteiger partial charge on any atom is 0.169 e. The lowest BCUT2D eigenvalue weighted by atomic mass is 9.82. The zero-order valence-electron chi connectivity index (χ0n) is 29.3. The molecule has 7 aromatic carbocycles. The first-order valence-electron chi connectivity index (χ1n) is 18.2. The summed E-state index contributed by atoms with van der Waals surface area (Å²) in [5.41, 5.74) is 13.4. The van der Waals surface area contributed by atoms with Crippen molar-refractivity contribution in [2.24, 2.45) is 9.98 Å². The van der Waals surface area contributed by atoms with Gasteiger partial charge in [0.05, 0.1) is 22.1 Å². The van der Waals surface area contributed by atoms with Gasteiger partial charge in [0.25, 0.3) is 0 Å². The summed E-state index contributed by atoms with van der Waals surface area (Å²) >= 11 is 0. The third-order valence-electron chi connectivity index (χ3n) is 11.2. The van der Waals surface area contributed by atoms with Gasteiger partial charge >= 0.3 is 0 Å². The van der Waals surface area contributed by atoms with Crippen molar-refractivity contribution >= 4 is 55.4 Å². The molecule has 3 heterocycles. The molecule has 0 saturated carbocycles. The molecule has 1 N–H and O–H groups in total. The third kappa shape index (κ3) is 4.44. The molecule has 2 aromatic heterocycles. The molecule has 0 fully saturated rings. The quantitative estimate of drug-likeness (QED) is 0.201. The second-order valence-electron chi connectivity index (χ2n) is 14.6. The molecule has 2 aliphatic rings. The highest BCUT2D eigenvalue weighted by atomic mass is 16.3. The highest BCUT2D eigenvalue weighted by molar-refractivity contribution is 6.17. The van der Waals surface area contributed by atoms with Crippen LogP contribution < -0.4 is 5.32 Å². The summed E-state index contributed by atoms with van der Waals surface area (Å²) in [6.45, 7) is 4.70. The summed E-state index contributed by atoms with van der Waals surface area (Å²) in [6, 6.07) is 55.8. The highest BCUT2D eigenvalue weighted by Crippen LogP contribution is 2.51. The van der Waals surface area contributed by atoms with Crippen molar-refractivity contribution in [3.8, 4) is 16.8 Å². The summed E-state index contributed by atoms with van der Waals surface area (Å²) in [7, 11) is 0. The maximum atomic E-state index is 6.69. The standard InChI is InChI=1S/C48H34N4O/c1-48(2)37-20-11-9-18-32(37)35-28-41-36(27-38(35)48)33-19-10-12-21-39(33)52(41)40-22-13-23-42-44(40)34-25-24-31(26-43(34)53-42)47-50-45(29-14-5-3-6-15-29)49-46(51-47)30-16-7-4-8-17-30/h3-28,47H,1-2H3,(H,49,50,51). The molecule has 5 nitrogen and oxygen atoms in total. The summed E-state index contributed by atoms with van der Waals surface area (Å²) in [4.78, 5) is 10.2. The Hall–Kier alpha value is -6.72. The number of aromatic nitrogens is 1. The van der Waals surface area contributed by atoms with Crippen LogP contribution in [0.15, 0.2) is 172 Å². The molecule has 1 aliphatic heterocycles. The van der Waals surface area contributed by atoms with E-state index in [2.05, 4.69) is 145 Å². The largest absolute Gasteiger partial charge is 0.456 e. The van der Waals surface area contributed by atoms with Crippen LogP contribution in [0, 0.1) is 0 Å². The Balaban J connectivity index is 1.10. The number of para-hydroxylation sites is 1. The number of nitrogens with one attached hydrogen (secondary N) is 1. The van der Waals surface area contributed by atoms with Crippen LogP contribution >= 0.6 is 0 Å². The van der Waals surface area contributed by atoms with Gasteiger partial charge < -0.3 is 14.3 Å². The molecule has 0 amide bonds. The van der Waals surface area contributed by atoms with Gasteiger partial charge in [0.2, 0.25) is 0 Å². The number of hydrogen-bond donors (Lipinski definition) is 1. The number of benzene rings is 7. The minimum absolute atomic E-state index is 0.0754. The first kappa shape index (κ1) is 30.0. The molecule has 0 radical (unpaired) electrons. The molecule has 0 spiro atoms. The van der Waals surface area contributed by atoms with Gasteiger partial charge in [0, 0.05) is 38.3 Å². The average Bonchev–Trinajstić information content (AvgIpc) is 3.82. The van der Waals surface area contributed by atoms with Gasteiger partial charge in [-0.15, -0.1) is 0 Å². The molecule has 0 saturated heterocycles. The van der Waals surface area contributed by atoms with Crippen LogP contribution in [0.2, 0.25) is 0 Å². The zero-order valence-corrected chi connectivity index (χ0v) is 29.3. The van der Waals surface area contributed by atoms with Crippen molar-refractivity contribution in [2.75, 3.05) is 0 Å². The Morgan fingerprint density at radius 1 is 0.547 bits per heavy atom. The predicted octanol–water partition coefficient (Wildman–Crippen LogP) is 11.5. The van der Waals surface area contributed by atoms with Gasteiger partial charge in [-0.1, -0.05) is 129 Å². The van der Waals surface area contributed by atoms with Crippen molar-refractivity contribution in [2.45, 2.75) is 25.4 Å². The van der Waals surface area contributed by atoms with Crippen molar-refractivity contribution in [1.29, 1.82) is 0 Å². The SMILES string of the molecule is CC1(C)c2ccccc2-c2cc3c(cc21)c1ccccc1n3-c1cccc2oc3cc(C4N=C(c5ccccc5)NC(c5ccccc5)=N4)ccc3c12. The van der Waals surface area contributed by atoms with Crippen LogP contribution in [0.25, 0.3) is 60.6 Å². The van der Waals surface area contributed by atoms with E-state index < -0.39 is 6.17 Å². The van der Waals surface area contributed by atoms with Gasteiger partial charge in [-0.3, -0.25) is 0 Å². The zero-order chi connectivity index (χ0) is 35.3. The van der Waals surface area contributed by atoms with Crippen molar-refractivity contribution in [3.63, 3.8) is 0 Å². The van der Waals surface area contributed by atoms with Gasteiger partial charge in [-0.2, -0.15) is 0 Å². The highest BCUT2D eigenvalue weighted by Gasteiger charge is 2.36. The molecular weight excluding hydrogens is 649 g/mol. The molecule has 9 aromatic rings. The Morgan fingerprint density at radius 2 is 1.25 bits per heavy atom. The third-order valence-corrected chi connectivity index (χ3v) is 11.2. The van der Waals surface area contributed by atoms with Crippen LogP contribution in [0.1, 0.15) is 47.8 Å². The molecule has 0 unspecified atom stereocenters. The molecule has 5 heteroatoms. The van der Waals surface area contributed by atoms with Crippen molar-refractivity contribution in [1.82, 2.24) is 9.88 Å². The van der Waals surface area contributed by atoms with E-state index in [9.17, 15) is 0 Å². The number of fused-ring (bicyclic) bond motifs is 9. The molecule has 1 aliphatic carbocycles. The number of hydrogen-bond acceptors (Lipinski definition) is 4. The van der Waals surface area contributed by atoms with Crippen LogP contribution in [0.5, 0.6) is 0 Å². The lowest BCUT2D eigenvalue weighted by Crippen LogP contribution is -2.35. The Bertz CT molecular complexity index is 2950. The van der Waals surface area contributed by atoms with E-state index in [1.54, 1.807) is 0 Å². The number of furan rings is 1. The smallest absolute Gasteiger partial charge is 0.169 e. The monoisotopic (exact) mass is 682 g/mol. The summed E-state index contributed by atoms with van der Waals surface area (Å²) in [5.74, 6) is 1.58. The number of amidine groups is 2. The van der Waals surface area contributed by atoms with E-state index in [1.165, 1.54) is 44.1 Å². The minimum atomic E-state index is -0.440.